The average molecular weight is 1050 g/mol. The summed E-state index contributed by atoms with van der Waals surface area (Å²) in [6.07, 6.45) is -0.495. The second kappa shape index (κ2) is 42.8. The minimum atomic E-state index is -1.58. The minimum absolute atomic E-state index is 0.00602. The summed E-state index contributed by atoms with van der Waals surface area (Å²) in [6, 6.07) is 0. The molecule has 0 amide bonds. The monoisotopic (exact) mass is 1040 g/mol. The summed E-state index contributed by atoms with van der Waals surface area (Å²) < 4.78 is 37.4. The first-order chi connectivity index (χ1) is 32.1. The van der Waals surface area contributed by atoms with Gasteiger partial charge in [-0.2, -0.15) is 70.6 Å². The Morgan fingerprint density at radius 2 is 0.394 bits per heavy atom. The number of ether oxygens (including phenoxy) is 6. The summed E-state index contributed by atoms with van der Waals surface area (Å²) in [4.78, 5) is 83.3. The molecule has 1 fully saturated rings. The quantitative estimate of drug-likeness (QED) is 0.0323. The van der Waals surface area contributed by atoms with Crippen molar-refractivity contribution in [3.63, 3.8) is 0 Å². The largest absolute Gasteiger partial charge is 0.454 e. The van der Waals surface area contributed by atoms with Gasteiger partial charge in [0.2, 0.25) is 0 Å². The summed E-state index contributed by atoms with van der Waals surface area (Å²) in [5, 5.41) is 0. The summed E-state index contributed by atoms with van der Waals surface area (Å²) >= 11 is 10.3. The highest BCUT2D eigenvalue weighted by atomic mass is 32.2. The lowest BCUT2D eigenvalue weighted by molar-refractivity contribution is -0.261. The molecule has 0 aromatic carbocycles. The van der Waals surface area contributed by atoms with Crippen LogP contribution in [0, 0.1) is 0 Å². The van der Waals surface area contributed by atoms with Crippen LogP contribution in [0.15, 0.2) is 0 Å². The Hall–Kier alpha value is -1.08. The van der Waals surface area contributed by atoms with Gasteiger partial charge in [-0.25, -0.2) is 0 Å². The van der Waals surface area contributed by atoms with Crippen LogP contribution < -0.4 is 0 Å². The zero-order chi connectivity index (χ0) is 48.6. The van der Waals surface area contributed by atoms with Crippen molar-refractivity contribution in [1.29, 1.82) is 0 Å². The number of rotatable bonds is 42. The van der Waals surface area contributed by atoms with Gasteiger partial charge >= 0.3 is 35.8 Å². The molecule has 0 aromatic rings. The Morgan fingerprint density at radius 3 is 0.515 bits per heavy atom. The highest BCUT2D eigenvalue weighted by Crippen LogP contribution is 2.36. The van der Waals surface area contributed by atoms with E-state index in [-0.39, 0.29) is 38.5 Å². The smallest absolute Gasteiger partial charge is 0.306 e. The summed E-state index contributed by atoms with van der Waals surface area (Å²) in [6.45, 7) is 12.5. The predicted molar refractivity (Wildman–Crippen MR) is 280 cm³/mol. The standard InChI is InChI=1S/C48H84O12S6/c1-7-25-61-31-13-19-37(49)55-43-44(56-38(50)20-14-32-62-26-8-2)46(58-40(52)22-16-34-64-28-10-4)48(60-42(54)24-18-36-66-30-12-6)47(59-41(53)23-17-35-65-29-11-5)45(43)57-39(51)21-15-33-63-27-9-3/h43-48H,7-36H2,1-6H3. The van der Waals surface area contributed by atoms with E-state index in [9.17, 15) is 28.8 Å². The van der Waals surface area contributed by atoms with Gasteiger partial charge in [0, 0.05) is 38.5 Å². The lowest BCUT2D eigenvalue weighted by Gasteiger charge is -2.47. The first-order valence-corrected chi connectivity index (χ1v) is 31.6. The van der Waals surface area contributed by atoms with E-state index in [1.807, 2.05) is 0 Å². The average Bonchev–Trinajstić information content (AvgIpc) is 3.29. The molecule has 0 N–H and O–H groups in total. The number of carbonyl (C=O) groups is 6. The number of hydrogen-bond donors (Lipinski definition) is 0. The van der Waals surface area contributed by atoms with Crippen molar-refractivity contribution in [1.82, 2.24) is 0 Å². The van der Waals surface area contributed by atoms with Gasteiger partial charge in [-0.05, 0) is 146 Å². The fourth-order valence-corrected chi connectivity index (χ4v) is 11.6. The molecule has 1 aliphatic rings. The second-order valence-electron chi connectivity index (χ2n) is 16.0. The van der Waals surface area contributed by atoms with Crippen molar-refractivity contribution in [2.24, 2.45) is 0 Å². The van der Waals surface area contributed by atoms with Crippen LogP contribution in [0.3, 0.4) is 0 Å². The normalized spacial score (nSPS) is 19.2. The van der Waals surface area contributed by atoms with Gasteiger partial charge < -0.3 is 28.4 Å². The van der Waals surface area contributed by atoms with Crippen LogP contribution in [-0.2, 0) is 57.2 Å². The van der Waals surface area contributed by atoms with E-state index in [0.717, 1.165) is 73.0 Å². The molecule has 0 aliphatic heterocycles. The van der Waals surface area contributed by atoms with Crippen LogP contribution >= 0.6 is 70.6 Å². The van der Waals surface area contributed by atoms with E-state index in [2.05, 4.69) is 41.5 Å². The number of hydrogen-bond acceptors (Lipinski definition) is 18. The number of esters is 6. The molecule has 1 saturated carbocycles. The zero-order valence-corrected chi connectivity index (χ0v) is 45.9. The van der Waals surface area contributed by atoms with E-state index >= 15 is 0 Å². The van der Waals surface area contributed by atoms with E-state index in [1.54, 1.807) is 70.6 Å². The molecule has 0 atom stereocenters. The van der Waals surface area contributed by atoms with E-state index in [0.29, 0.717) is 73.0 Å². The molecule has 0 saturated heterocycles. The van der Waals surface area contributed by atoms with Gasteiger partial charge in [0.25, 0.3) is 0 Å². The Balaban J connectivity index is 3.97. The predicted octanol–water partition coefficient (Wildman–Crippen LogP) is 11.0. The molecule has 0 unspecified atom stereocenters. The van der Waals surface area contributed by atoms with Crippen LogP contribution in [0.25, 0.3) is 0 Å². The molecule has 66 heavy (non-hydrogen) atoms. The van der Waals surface area contributed by atoms with Gasteiger partial charge in [-0.15, -0.1) is 0 Å². The SMILES string of the molecule is CCCSCCCC(=O)OC1C(OC(=O)CCCSCCC)C(OC(=O)CCCSCCC)C(OC(=O)CCCSCCC)C(OC(=O)CCCSCCC)C1OC(=O)CCCSCCC. The van der Waals surface area contributed by atoms with Crippen molar-refractivity contribution in [3.8, 4) is 0 Å². The Labute approximate surface area is 423 Å². The molecule has 0 bridgehead atoms. The second-order valence-corrected chi connectivity index (χ2v) is 23.4. The minimum Gasteiger partial charge on any atom is -0.454 e. The van der Waals surface area contributed by atoms with E-state index < -0.39 is 72.4 Å². The van der Waals surface area contributed by atoms with Crippen molar-refractivity contribution >= 4 is 106 Å². The topological polar surface area (TPSA) is 158 Å². The Morgan fingerprint density at radius 1 is 0.258 bits per heavy atom. The van der Waals surface area contributed by atoms with Crippen LogP contribution in [-0.4, -0.2) is 141 Å². The van der Waals surface area contributed by atoms with Crippen LogP contribution in [0.4, 0.5) is 0 Å². The van der Waals surface area contributed by atoms with Gasteiger partial charge in [0.05, 0.1) is 0 Å². The van der Waals surface area contributed by atoms with Crippen molar-refractivity contribution in [2.75, 3.05) is 69.0 Å². The summed E-state index contributed by atoms with van der Waals surface area (Å²) in [5.74, 6) is 5.97. The maximum Gasteiger partial charge on any atom is 0.306 e. The summed E-state index contributed by atoms with van der Waals surface area (Å²) in [5.41, 5.74) is 0. The molecular weight excluding hydrogens is 961 g/mol. The number of thioether (sulfide) groups is 6. The van der Waals surface area contributed by atoms with Crippen LogP contribution in [0.5, 0.6) is 0 Å². The zero-order valence-electron chi connectivity index (χ0n) is 41.0. The third-order valence-electron chi connectivity index (χ3n) is 9.66. The van der Waals surface area contributed by atoms with Crippen molar-refractivity contribution in [2.45, 2.75) is 194 Å². The maximum atomic E-state index is 13.9. The summed E-state index contributed by atoms with van der Waals surface area (Å²) in [7, 11) is 0. The fourth-order valence-electron chi connectivity index (χ4n) is 6.58. The third kappa shape index (κ3) is 30.5. The lowest BCUT2D eigenvalue weighted by Crippen LogP contribution is -2.69. The molecule has 0 aromatic heterocycles. The fraction of sp³-hybridized carbons (Fsp3) is 0.875. The lowest BCUT2D eigenvalue weighted by atomic mass is 9.83. The molecule has 18 heteroatoms. The van der Waals surface area contributed by atoms with Crippen LogP contribution in [0.1, 0.15) is 157 Å². The maximum absolute atomic E-state index is 13.9. The molecule has 0 heterocycles. The van der Waals surface area contributed by atoms with Gasteiger partial charge in [0.15, 0.2) is 36.6 Å². The molecule has 12 nitrogen and oxygen atoms in total. The Bertz CT molecular complexity index is 1050. The van der Waals surface area contributed by atoms with E-state index in [1.165, 1.54) is 0 Å². The van der Waals surface area contributed by atoms with Gasteiger partial charge in [-0.3, -0.25) is 28.8 Å². The Kier molecular flexibility index (Phi) is 40.8. The first kappa shape index (κ1) is 62.9. The highest BCUT2D eigenvalue weighted by Gasteiger charge is 2.61. The van der Waals surface area contributed by atoms with Crippen LogP contribution in [0.2, 0.25) is 0 Å². The molecule has 0 radical (unpaired) electrons. The molecule has 1 rings (SSSR count). The van der Waals surface area contributed by atoms with Gasteiger partial charge in [-0.1, -0.05) is 41.5 Å². The van der Waals surface area contributed by atoms with Crippen molar-refractivity contribution < 1.29 is 57.2 Å². The first-order valence-electron chi connectivity index (χ1n) is 24.7. The molecule has 384 valence electrons. The molecular formula is C48H84O12S6. The molecule has 0 spiro atoms. The highest BCUT2D eigenvalue weighted by molar-refractivity contribution is 8.00. The molecule has 1 aliphatic carbocycles. The third-order valence-corrected chi connectivity index (χ3v) is 17.3. The van der Waals surface area contributed by atoms with E-state index in [4.69, 9.17) is 28.4 Å². The van der Waals surface area contributed by atoms with Crippen molar-refractivity contribution in [3.05, 3.63) is 0 Å². The number of carbonyl (C=O) groups excluding carboxylic acids is 6. The van der Waals surface area contributed by atoms with Gasteiger partial charge in [0.1, 0.15) is 0 Å².